The summed E-state index contributed by atoms with van der Waals surface area (Å²) < 4.78 is 13.4. The summed E-state index contributed by atoms with van der Waals surface area (Å²) in [5, 5.41) is 0. The van der Waals surface area contributed by atoms with Gasteiger partial charge in [0.2, 0.25) is 0 Å². The topological polar surface area (TPSA) is 17.1 Å². The fraction of sp³-hybridized carbons (Fsp3) is 0.462. The van der Waals surface area contributed by atoms with Gasteiger partial charge in [-0.05, 0) is 30.9 Å². The lowest BCUT2D eigenvalue weighted by atomic mass is 9.84. The third-order valence-electron chi connectivity index (χ3n) is 3.11. The number of carbonyl (C=O) groups is 1. The Labute approximate surface area is 89.3 Å². The fourth-order valence-electron chi connectivity index (χ4n) is 2.20. The number of carbonyl (C=O) groups excluding carboxylic acids is 1. The number of hydrogen-bond donors (Lipinski definition) is 0. The van der Waals surface area contributed by atoms with Gasteiger partial charge < -0.3 is 0 Å². The Morgan fingerprint density at radius 2 is 2.07 bits per heavy atom. The Kier molecular flexibility index (Phi) is 3.14. The lowest BCUT2D eigenvalue weighted by molar-refractivity contribution is -0.124. The van der Waals surface area contributed by atoms with E-state index in [9.17, 15) is 9.18 Å². The first-order valence-electron chi connectivity index (χ1n) is 5.53. The average Bonchev–Trinajstić information content (AvgIpc) is 2.24. The minimum atomic E-state index is -0.184. The summed E-state index contributed by atoms with van der Waals surface area (Å²) in [6, 6.07) is 6.74. The molecule has 0 radical (unpaired) electrons. The molecule has 0 aliphatic heterocycles. The van der Waals surface area contributed by atoms with Crippen LogP contribution in [0.2, 0.25) is 0 Å². The van der Waals surface area contributed by atoms with Gasteiger partial charge in [-0.2, -0.15) is 0 Å². The quantitative estimate of drug-likeness (QED) is 0.726. The predicted octanol–water partition coefficient (Wildman–Crippen LogP) is 3.13. The smallest absolute Gasteiger partial charge is 0.136 e. The van der Waals surface area contributed by atoms with Crippen LogP contribution in [0.25, 0.3) is 0 Å². The molecule has 0 N–H and O–H groups in total. The van der Waals surface area contributed by atoms with E-state index in [1.54, 1.807) is 12.1 Å². The summed E-state index contributed by atoms with van der Waals surface area (Å²) in [6.45, 7) is 0. The van der Waals surface area contributed by atoms with Gasteiger partial charge in [-0.3, -0.25) is 4.79 Å². The van der Waals surface area contributed by atoms with Crippen molar-refractivity contribution in [2.75, 3.05) is 0 Å². The van der Waals surface area contributed by atoms with Gasteiger partial charge in [0, 0.05) is 12.3 Å². The molecule has 0 heterocycles. The summed E-state index contributed by atoms with van der Waals surface area (Å²) in [4.78, 5) is 11.6. The minimum Gasteiger partial charge on any atom is -0.299 e. The van der Waals surface area contributed by atoms with Crippen LogP contribution in [0.3, 0.4) is 0 Å². The Morgan fingerprint density at radius 1 is 1.27 bits per heavy atom. The third kappa shape index (κ3) is 2.44. The number of halogens is 1. The van der Waals surface area contributed by atoms with E-state index < -0.39 is 0 Å². The van der Waals surface area contributed by atoms with Crippen molar-refractivity contribution in [2.24, 2.45) is 5.92 Å². The van der Waals surface area contributed by atoms with Gasteiger partial charge in [0.15, 0.2) is 0 Å². The van der Waals surface area contributed by atoms with Crippen LogP contribution < -0.4 is 0 Å². The lowest BCUT2D eigenvalue weighted by Gasteiger charge is -2.20. The van der Waals surface area contributed by atoms with Crippen molar-refractivity contribution in [1.82, 2.24) is 0 Å². The first-order valence-corrected chi connectivity index (χ1v) is 5.53. The van der Waals surface area contributed by atoms with Crippen molar-refractivity contribution >= 4 is 5.78 Å². The largest absolute Gasteiger partial charge is 0.299 e. The maximum absolute atomic E-state index is 13.4. The number of hydrogen-bond acceptors (Lipinski definition) is 1. The SMILES string of the molecule is O=C1CCCCC1Cc1ccccc1F. The summed E-state index contributed by atoms with van der Waals surface area (Å²) in [7, 11) is 0. The van der Waals surface area contributed by atoms with Crippen LogP contribution >= 0.6 is 0 Å². The molecule has 1 aliphatic carbocycles. The van der Waals surface area contributed by atoms with Crippen molar-refractivity contribution in [1.29, 1.82) is 0 Å². The van der Waals surface area contributed by atoms with Crippen molar-refractivity contribution in [3.05, 3.63) is 35.6 Å². The summed E-state index contributed by atoms with van der Waals surface area (Å²) in [5.74, 6) is 0.177. The van der Waals surface area contributed by atoms with Crippen LogP contribution in [0.5, 0.6) is 0 Å². The number of rotatable bonds is 2. The summed E-state index contributed by atoms with van der Waals surface area (Å²) >= 11 is 0. The number of Topliss-reactive ketones (excluding diaryl/α,β-unsaturated/α-hetero) is 1. The summed E-state index contributed by atoms with van der Waals surface area (Å²) in [6.07, 6.45) is 4.29. The van der Waals surface area contributed by atoms with Gasteiger partial charge in [0.05, 0.1) is 0 Å². The van der Waals surface area contributed by atoms with Crippen LogP contribution in [0.15, 0.2) is 24.3 Å². The molecule has 0 aromatic heterocycles. The second-order valence-corrected chi connectivity index (χ2v) is 4.20. The molecule has 1 aliphatic rings. The van der Waals surface area contributed by atoms with E-state index >= 15 is 0 Å². The monoisotopic (exact) mass is 206 g/mol. The van der Waals surface area contributed by atoms with E-state index in [0.717, 1.165) is 19.3 Å². The Bertz CT molecular complexity index is 359. The molecule has 1 fully saturated rings. The van der Waals surface area contributed by atoms with Crippen LogP contribution in [0.1, 0.15) is 31.2 Å². The molecule has 0 saturated heterocycles. The van der Waals surface area contributed by atoms with Gasteiger partial charge >= 0.3 is 0 Å². The molecule has 0 amide bonds. The molecule has 2 rings (SSSR count). The second kappa shape index (κ2) is 4.56. The molecule has 0 bridgehead atoms. The highest BCUT2D eigenvalue weighted by Gasteiger charge is 2.22. The molecular formula is C13H15FO. The highest BCUT2D eigenvalue weighted by atomic mass is 19.1. The van der Waals surface area contributed by atoms with Crippen molar-refractivity contribution in [3.8, 4) is 0 Å². The third-order valence-corrected chi connectivity index (χ3v) is 3.11. The number of ketones is 1. The maximum Gasteiger partial charge on any atom is 0.136 e. The van der Waals surface area contributed by atoms with Crippen molar-refractivity contribution in [2.45, 2.75) is 32.1 Å². The predicted molar refractivity (Wildman–Crippen MR) is 57.1 cm³/mol. The number of benzene rings is 1. The maximum atomic E-state index is 13.4. The molecule has 1 saturated carbocycles. The van der Waals surface area contributed by atoms with Gasteiger partial charge in [-0.15, -0.1) is 0 Å². The van der Waals surface area contributed by atoms with E-state index in [0.29, 0.717) is 24.2 Å². The Hall–Kier alpha value is -1.18. The molecule has 1 atom stereocenters. The molecule has 80 valence electrons. The second-order valence-electron chi connectivity index (χ2n) is 4.20. The lowest BCUT2D eigenvalue weighted by Crippen LogP contribution is -2.21. The summed E-state index contributed by atoms with van der Waals surface area (Å²) in [5.41, 5.74) is 0.678. The van der Waals surface area contributed by atoms with E-state index in [1.165, 1.54) is 6.07 Å². The Balaban J connectivity index is 2.08. The molecule has 1 aromatic rings. The zero-order valence-electron chi connectivity index (χ0n) is 8.71. The van der Waals surface area contributed by atoms with E-state index in [2.05, 4.69) is 0 Å². The standard InChI is InChI=1S/C13H15FO/c14-12-7-3-1-5-10(12)9-11-6-2-4-8-13(11)15/h1,3,5,7,11H,2,4,6,8-9H2. The van der Waals surface area contributed by atoms with Crippen LogP contribution in [-0.4, -0.2) is 5.78 Å². The molecule has 0 spiro atoms. The molecular weight excluding hydrogens is 191 g/mol. The van der Waals surface area contributed by atoms with Crippen LogP contribution in [0, 0.1) is 11.7 Å². The normalized spacial score (nSPS) is 21.7. The van der Waals surface area contributed by atoms with Crippen molar-refractivity contribution < 1.29 is 9.18 Å². The molecule has 15 heavy (non-hydrogen) atoms. The van der Waals surface area contributed by atoms with Gasteiger partial charge in [0.1, 0.15) is 11.6 Å². The van der Waals surface area contributed by atoms with Gasteiger partial charge in [-0.1, -0.05) is 24.6 Å². The molecule has 1 aromatic carbocycles. The fourth-order valence-corrected chi connectivity index (χ4v) is 2.20. The van der Waals surface area contributed by atoms with Gasteiger partial charge in [-0.25, -0.2) is 4.39 Å². The zero-order chi connectivity index (χ0) is 10.7. The highest BCUT2D eigenvalue weighted by Crippen LogP contribution is 2.24. The first-order chi connectivity index (χ1) is 7.27. The minimum absolute atomic E-state index is 0.0515. The average molecular weight is 206 g/mol. The van der Waals surface area contributed by atoms with E-state index in [-0.39, 0.29) is 11.7 Å². The molecule has 1 nitrogen and oxygen atoms in total. The van der Waals surface area contributed by atoms with Crippen LogP contribution in [0.4, 0.5) is 4.39 Å². The van der Waals surface area contributed by atoms with Crippen LogP contribution in [-0.2, 0) is 11.2 Å². The van der Waals surface area contributed by atoms with E-state index in [4.69, 9.17) is 0 Å². The van der Waals surface area contributed by atoms with Crippen molar-refractivity contribution in [3.63, 3.8) is 0 Å². The van der Waals surface area contributed by atoms with E-state index in [1.807, 2.05) is 6.07 Å². The van der Waals surface area contributed by atoms with Gasteiger partial charge in [0.25, 0.3) is 0 Å². The molecule has 2 heteroatoms. The highest BCUT2D eigenvalue weighted by molar-refractivity contribution is 5.81. The first kappa shape index (κ1) is 10.3. The zero-order valence-corrected chi connectivity index (χ0v) is 8.71. The Morgan fingerprint density at radius 3 is 2.80 bits per heavy atom. The molecule has 1 unspecified atom stereocenters.